The van der Waals surface area contributed by atoms with E-state index in [1.54, 1.807) is 0 Å². The summed E-state index contributed by atoms with van der Waals surface area (Å²) in [5, 5.41) is 0. The highest BCUT2D eigenvalue weighted by atomic mass is 16.1. The van der Waals surface area contributed by atoms with Gasteiger partial charge in [-0.1, -0.05) is 24.3 Å². The first-order chi connectivity index (χ1) is 5.36. The van der Waals surface area contributed by atoms with Crippen LogP contribution in [0.15, 0.2) is 24.3 Å². The molecular formula is C11H16O. The van der Waals surface area contributed by atoms with E-state index in [1.165, 1.54) is 0 Å². The standard InChI is InChI=1S/C11H16O/c1-10(2)7-5-6-8-11(3,4)9(10)12/h5-8H,1-4H3. The molecule has 0 aromatic heterocycles. The van der Waals surface area contributed by atoms with Gasteiger partial charge in [0.25, 0.3) is 0 Å². The van der Waals surface area contributed by atoms with E-state index < -0.39 is 0 Å². The molecule has 0 heterocycles. The molecule has 0 aliphatic heterocycles. The minimum absolute atomic E-state index is 0.278. The largest absolute Gasteiger partial charge is 0.298 e. The fourth-order valence-electron chi connectivity index (χ4n) is 1.57. The molecule has 0 aromatic rings. The molecule has 1 heteroatoms. The second-order valence-corrected chi connectivity index (χ2v) is 4.49. The Morgan fingerprint density at radius 2 is 1.25 bits per heavy atom. The van der Waals surface area contributed by atoms with Crippen LogP contribution in [-0.4, -0.2) is 5.78 Å². The molecule has 0 atom stereocenters. The van der Waals surface area contributed by atoms with Gasteiger partial charge in [-0.25, -0.2) is 0 Å². The topological polar surface area (TPSA) is 17.1 Å². The molecular weight excluding hydrogens is 148 g/mol. The third-order valence-corrected chi connectivity index (χ3v) is 2.31. The lowest BCUT2D eigenvalue weighted by atomic mass is 9.74. The van der Waals surface area contributed by atoms with Crippen molar-refractivity contribution in [2.45, 2.75) is 27.7 Å². The van der Waals surface area contributed by atoms with Crippen LogP contribution in [0.25, 0.3) is 0 Å². The maximum atomic E-state index is 11.9. The van der Waals surface area contributed by atoms with Gasteiger partial charge in [0, 0.05) is 10.8 Å². The van der Waals surface area contributed by atoms with Gasteiger partial charge >= 0.3 is 0 Å². The van der Waals surface area contributed by atoms with E-state index in [9.17, 15) is 4.79 Å². The van der Waals surface area contributed by atoms with Gasteiger partial charge in [0.2, 0.25) is 0 Å². The van der Waals surface area contributed by atoms with Crippen LogP contribution in [-0.2, 0) is 4.79 Å². The number of carbonyl (C=O) groups is 1. The van der Waals surface area contributed by atoms with Crippen molar-refractivity contribution in [3.05, 3.63) is 24.3 Å². The van der Waals surface area contributed by atoms with E-state index in [4.69, 9.17) is 0 Å². The Balaban J connectivity index is 3.10. The quantitative estimate of drug-likeness (QED) is 0.538. The van der Waals surface area contributed by atoms with Crippen molar-refractivity contribution >= 4 is 5.78 Å². The van der Waals surface area contributed by atoms with Crippen molar-refractivity contribution in [1.29, 1.82) is 0 Å². The molecule has 0 saturated heterocycles. The van der Waals surface area contributed by atoms with E-state index in [-0.39, 0.29) is 16.6 Å². The number of allylic oxidation sites excluding steroid dienone is 4. The van der Waals surface area contributed by atoms with E-state index in [1.807, 2.05) is 52.0 Å². The summed E-state index contributed by atoms with van der Waals surface area (Å²) >= 11 is 0. The van der Waals surface area contributed by atoms with Gasteiger partial charge in [-0.15, -0.1) is 0 Å². The number of Topliss-reactive ketones (excluding diaryl/α,β-unsaturated/α-hetero) is 1. The summed E-state index contributed by atoms with van der Waals surface area (Å²) in [4.78, 5) is 11.9. The van der Waals surface area contributed by atoms with Crippen LogP contribution in [0.4, 0.5) is 0 Å². The van der Waals surface area contributed by atoms with Gasteiger partial charge < -0.3 is 0 Å². The van der Waals surface area contributed by atoms with Crippen molar-refractivity contribution in [3.8, 4) is 0 Å². The zero-order valence-corrected chi connectivity index (χ0v) is 8.22. The number of hydrogen-bond acceptors (Lipinski definition) is 1. The Kier molecular flexibility index (Phi) is 1.99. The second kappa shape index (κ2) is 2.58. The molecule has 0 amide bonds. The first-order valence-corrected chi connectivity index (χ1v) is 4.28. The molecule has 1 aliphatic carbocycles. The van der Waals surface area contributed by atoms with Gasteiger partial charge in [0.1, 0.15) is 0 Å². The molecule has 0 fully saturated rings. The summed E-state index contributed by atoms with van der Waals surface area (Å²) in [6, 6.07) is 0. The van der Waals surface area contributed by atoms with Gasteiger partial charge in [0.05, 0.1) is 0 Å². The molecule has 0 saturated carbocycles. The Hall–Kier alpha value is -0.850. The monoisotopic (exact) mass is 164 g/mol. The lowest BCUT2D eigenvalue weighted by Gasteiger charge is -2.27. The zero-order valence-electron chi connectivity index (χ0n) is 8.22. The average Bonchev–Trinajstić information content (AvgIpc) is 2.02. The Bertz CT molecular complexity index is 228. The molecule has 1 nitrogen and oxygen atoms in total. The van der Waals surface area contributed by atoms with Crippen molar-refractivity contribution in [3.63, 3.8) is 0 Å². The van der Waals surface area contributed by atoms with Gasteiger partial charge in [-0.2, -0.15) is 0 Å². The number of rotatable bonds is 0. The summed E-state index contributed by atoms with van der Waals surface area (Å²) in [7, 11) is 0. The molecule has 0 aromatic carbocycles. The van der Waals surface area contributed by atoms with Crippen molar-refractivity contribution < 1.29 is 4.79 Å². The van der Waals surface area contributed by atoms with Crippen LogP contribution >= 0.6 is 0 Å². The molecule has 1 rings (SSSR count). The molecule has 1 aliphatic rings. The first-order valence-electron chi connectivity index (χ1n) is 4.28. The SMILES string of the molecule is CC1(C)C=CC=CC(C)(C)C1=O. The van der Waals surface area contributed by atoms with E-state index in [0.717, 1.165) is 0 Å². The summed E-state index contributed by atoms with van der Waals surface area (Å²) in [5.74, 6) is 0.278. The number of carbonyl (C=O) groups excluding carboxylic acids is 1. The molecule has 0 spiro atoms. The van der Waals surface area contributed by atoms with E-state index in [2.05, 4.69) is 0 Å². The van der Waals surface area contributed by atoms with Gasteiger partial charge in [0.15, 0.2) is 5.78 Å². The maximum Gasteiger partial charge on any atom is 0.151 e. The maximum absolute atomic E-state index is 11.9. The highest BCUT2D eigenvalue weighted by Crippen LogP contribution is 2.33. The number of ketones is 1. The third-order valence-electron chi connectivity index (χ3n) is 2.31. The fraction of sp³-hybridized carbons (Fsp3) is 0.545. The van der Waals surface area contributed by atoms with Crippen molar-refractivity contribution in [2.24, 2.45) is 10.8 Å². The Morgan fingerprint density at radius 1 is 0.917 bits per heavy atom. The molecule has 0 bridgehead atoms. The predicted octanol–water partition coefficient (Wildman–Crippen LogP) is 2.73. The van der Waals surface area contributed by atoms with Crippen molar-refractivity contribution in [2.75, 3.05) is 0 Å². The van der Waals surface area contributed by atoms with Crippen LogP contribution in [0.5, 0.6) is 0 Å². The third kappa shape index (κ3) is 1.50. The van der Waals surface area contributed by atoms with Gasteiger partial charge in [-0.3, -0.25) is 4.79 Å². The molecule has 0 unspecified atom stereocenters. The highest BCUT2D eigenvalue weighted by Gasteiger charge is 2.36. The minimum Gasteiger partial charge on any atom is -0.298 e. The first kappa shape index (κ1) is 9.24. The Morgan fingerprint density at radius 3 is 1.58 bits per heavy atom. The van der Waals surface area contributed by atoms with Crippen LogP contribution < -0.4 is 0 Å². The second-order valence-electron chi connectivity index (χ2n) is 4.49. The summed E-state index contributed by atoms with van der Waals surface area (Å²) < 4.78 is 0. The van der Waals surface area contributed by atoms with Crippen LogP contribution in [0.2, 0.25) is 0 Å². The average molecular weight is 164 g/mol. The van der Waals surface area contributed by atoms with E-state index in [0.29, 0.717) is 0 Å². The minimum atomic E-state index is -0.326. The molecule has 0 N–H and O–H groups in total. The van der Waals surface area contributed by atoms with Gasteiger partial charge in [-0.05, 0) is 27.7 Å². The zero-order chi connectivity index (χ0) is 9.41. The molecule has 66 valence electrons. The molecule has 12 heavy (non-hydrogen) atoms. The van der Waals surface area contributed by atoms with Crippen LogP contribution in [0.3, 0.4) is 0 Å². The normalized spacial score (nSPS) is 25.5. The smallest absolute Gasteiger partial charge is 0.151 e. The Labute approximate surface area is 74.2 Å². The predicted molar refractivity (Wildman–Crippen MR) is 50.8 cm³/mol. The van der Waals surface area contributed by atoms with Crippen LogP contribution in [0, 0.1) is 10.8 Å². The van der Waals surface area contributed by atoms with E-state index >= 15 is 0 Å². The number of hydrogen-bond donors (Lipinski definition) is 0. The summed E-state index contributed by atoms with van der Waals surface area (Å²) in [6.07, 6.45) is 7.82. The fourth-order valence-corrected chi connectivity index (χ4v) is 1.57. The lowest BCUT2D eigenvalue weighted by Crippen LogP contribution is -2.33. The molecule has 0 radical (unpaired) electrons. The summed E-state index contributed by atoms with van der Waals surface area (Å²) in [5.41, 5.74) is -0.653. The summed E-state index contributed by atoms with van der Waals surface area (Å²) in [6.45, 7) is 7.84. The lowest BCUT2D eigenvalue weighted by molar-refractivity contribution is -0.131. The van der Waals surface area contributed by atoms with Crippen molar-refractivity contribution in [1.82, 2.24) is 0 Å². The van der Waals surface area contributed by atoms with Crippen LogP contribution in [0.1, 0.15) is 27.7 Å². The highest BCUT2D eigenvalue weighted by molar-refractivity contribution is 5.92.